The third kappa shape index (κ3) is 7.05. The Bertz CT molecular complexity index is 32.7. The van der Waals surface area contributed by atoms with Crippen LogP contribution < -0.4 is 0 Å². The number of rotatable bonds is 5. The summed E-state index contributed by atoms with van der Waals surface area (Å²) in [6, 6.07) is 0. The molecular formula is C5H12S3. The van der Waals surface area contributed by atoms with E-state index in [1.54, 1.807) is 0 Å². The molecule has 0 saturated heterocycles. The number of hydrogen-bond donors (Lipinski definition) is 0. The first kappa shape index (κ1) is 9.05. The zero-order chi connectivity index (χ0) is 6.24. The smallest absolute Gasteiger partial charge is 0.00425 e. The van der Waals surface area contributed by atoms with Crippen molar-refractivity contribution >= 4 is 31.4 Å². The molecule has 0 fully saturated rings. The van der Waals surface area contributed by atoms with Gasteiger partial charge in [-0.25, -0.2) is 0 Å². The van der Waals surface area contributed by atoms with Crippen LogP contribution in [0.5, 0.6) is 0 Å². The van der Waals surface area contributed by atoms with Crippen LogP contribution in [0, 0.1) is 0 Å². The lowest BCUT2D eigenvalue weighted by Gasteiger charge is -1.92. The maximum atomic E-state index is 2.21. The highest BCUT2D eigenvalue weighted by atomic mass is 33.5. The molecule has 0 bridgehead atoms. The molecular weight excluding hydrogens is 156 g/mol. The zero-order valence-corrected chi connectivity index (χ0v) is 7.80. The lowest BCUT2D eigenvalue weighted by Crippen LogP contribution is -1.64. The average molecular weight is 168 g/mol. The lowest BCUT2D eigenvalue weighted by atomic mass is 10.6. The van der Waals surface area contributed by atoms with Crippen LogP contribution >= 0.6 is 31.4 Å². The van der Waals surface area contributed by atoms with Crippen molar-refractivity contribution in [3.05, 3.63) is 0 Å². The Balaban J connectivity index is 2.53. The van der Waals surface area contributed by atoms with Crippen LogP contribution in [0.2, 0.25) is 0 Å². The molecule has 0 nitrogen and oxygen atoms in total. The summed E-state index contributed by atoms with van der Waals surface area (Å²) in [4.78, 5) is 0. The van der Waals surface area contributed by atoms with Gasteiger partial charge in [0.15, 0.2) is 0 Å². The molecule has 3 heteroatoms. The Morgan fingerprint density at radius 1 is 1.12 bits per heavy atom. The van der Waals surface area contributed by atoms with E-state index in [9.17, 15) is 0 Å². The Morgan fingerprint density at radius 2 is 1.88 bits per heavy atom. The Hall–Kier alpha value is 1.05. The van der Waals surface area contributed by atoms with Crippen molar-refractivity contribution in [2.24, 2.45) is 0 Å². The van der Waals surface area contributed by atoms with Gasteiger partial charge in [-0.1, -0.05) is 35.4 Å². The maximum absolute atomic E-state index is 2.21. The second-order valence-corrected chi connectivity index (χ2v) is 5.94. The molecule has 0 N–H and O–H groups in total. The molecule has 0 aliphatic rings. The monoisotopic (exact) mass is 168 g/mol. The average Bonchev–Trinajstić information content (AvgIpc) is 1.81. The third-order valence-corrected chi connectivity index (χ3v) is 5.02. The van der Waals surface area contributed by atoms with E-state index >= 15 is 0 Å². The van der Waals surface area contributed by atoms with Gasteiger partial charge in [-0.05, 0) is 16.2 Å². The SMILES string of the molecule is CCCSSSCC. The van der Waals surface area contributed by atoms with Crippen molar-refractivity contribution < 1.29 is 0 Å². The van der Waals surface area contributed by atoms with E-state index in [2.05, 4.69) is 13.8 Å². The molecule has 0 aliphatic carbocycles. The lowest BCUT2D eigenvalue weighted by molar-refractivity contribution is 1.11. The van der Waals surface area contributed by atoms with Crippen LogP contribution in [0.15, 0.2) is 0 Å². The summed E-state index contributed by atoms with van der Waals surface area (Å²) < 4.78 is 0. The van der Waals surface area contributed by atoms with Crippen molar-refractivity contribution in [1.29, 1.82) is 0 Å². The first-order valence-corrected chi connectivity index (χ1v) is 6.65. The van der Waals surface area contributed by atoms with Crippen LogP contribution in [0.25, 0.3) is 0 Å². The summed E-state index contributed by atoms with van der Waals surface area (Å²) in [5.41, 5.74) is 0. The minimum atomic E-state index is 1.22. The molecule has 0 unspecified atom stereocenters. The molecule has 0 aromatic rings. The van der Waals surface area contributed by atoms with Crippen LogP contribution in [-0.2, 0) is 0 Å². The van der Waals surface area contributed by atoms with Crippen molar-refractivity contribution in [2.75, 3.05) is 11.5 Å². The summed E-state index contributed by atoms with van der Waals surface area (Å²) >= 11 is 0. The fraction of sp³-hybridized carbons (Fsp3) is 1.00. The van der Waals surface area contributed by atoms with Gasteiger partial charge in [0, 0.05) is 11.5 Å². The first-order chi connectivity index (χ1) is 3.91. The van der Waals surface area contributed by atoms with Gasteiger partial charge in [0.05, 0.1) is 0 Å². The summed E-state index contributed by atoms with van der Waals surface area (Å²) in [6.45, 7) is 4.40. The van der Waals surface area contributed by atoms with Crippen molar-refractivity contribution in [2.45, 2.75) is 20.3 Å². The van der Waals surface area contributed by atoms with E-state index in [0.29, 0.717) is 0 Å². The van der Waals surface area contributed by atoms with Crippen LogP contribution in [0.3, 0.4) is 0 Å². The fourth-order valence-electron chi connectivity index (χ4n) is 0.199. The molecule has 0 rings (SSSR count). The summed E-state index contributed by atoms with van der Waals surface area (Å²) in [5, 5.41) is 0. The van der Waals surface area contributed by atoms with E-state index < -0.39 is 0 Å². The summed E-state index contributed by atoms with van der Waals surface area (Å²) in [5.74, 6) is 2.51. The van der Waals surface area contributed by atoms with Gasteiger partial charge in [-0.15, -0.1) is 0 Å². The maximum Gasteiger partial charge on any atom is 0.00425 e. The molecule has 0 radical (unpaired) electrons. The highest BCUT2D eigenvalue weighted by Crippen LogP contribution is 2.34. The third-order valence-electron chi connectivity index (χ3n) is 0.502. The fourth-order valence-corrected chi connectivity index (χ4v) is 3.89. The van der Waals surface area contributed by atoms with Crippen molar-refractivity contribution in [3.63, 3.8) is 0 Å². The molecule has 50 valence electrons. The topological polar surface area (TPSA) is 0 Å². The predicted octanol–water partition coefficient (Wildman–Crippen LogP) is 3.45. The van der Waals surface area contributed by atoms with Gasteiger partial charge in [0.25, 0.3) is 0 Å². The van der Waals surface area contributed by atoms with Crippen LogP contribution in [0.1, 0.15) is 20.3 Å². The van der Waals surface area contributed by atoms with E-state index in [1.165, 1.54) is 17.9 Å². The van der Waals surface area contributed by atoms with Gasteiger partial charge in [0.1, 0.15) is 0 Å². The Kier molecular flexibility index (Phi) is 9.11. The minimum Gasteiger partial charge on any atom is -0.0829 e. The molecule has 0 aliphatic heterocycles. The zero-order valence-electron chi connectivity index (χ0n) is 5.35. The van der Waals surface area contributed by atoms with Gasteiger partial charge < -0.3 is 0 Å². The summed E-state index contributed by atoms with van der Waals surface area (Å²) in [6.07, 6.45) is 1.29. The molecule has 0 aromatic carbocycles. The van der Waals surface area contributed by atoms with Crippen LogP contribution in [0.4, 0.5) is 0 Å². The van der Waals surface area contributed by atoms with Crippen molar-refractivity contribution in [1.82, 2.24) is 0 Å². The summed E-state index contributed by atoms with van der Waals surface area (Å²) in [7, 11) is 5.80. The molecule has 0 amide bonds. The molecule has 0 spiro atoms. The second-order valence-electron chi connectivity index (χ2n) is 1.30. The Morgan fingerprint density at radius 3 is 2.38 bits per heavy atom. The highest BCUT2D eigenvalue weighted by Gasteiger charge is 1.84. The van der Waals surface area contributed by atoms with Gasteiger partial charge in [0.2, 0.25) is 0 Å². The normalized spacial score (nSPS) is 9.75. The van der Waals surface area contributed by atoms with E-state index in [0.717, 1.165) is 0 Å². The highest BCUT2D eigenvalue weighted by molar-refractivity contribution is 9.09. The van der Waals surface area contributed by atoms with E-state index in [1.807, 2.05) is 31.4 Å². The van der Waals surface area contributed by atoms with E-state index in [4.69, 9.17) is 0 Å². The standard InChI is InChI=1S/C5H12S3/c1-3-5-7-8-6-4-2/h3-5H2,1-2H3. The molecule has 0 heterocycles. The van der Waals surface area contributed by atoms with Gasteiger partial charge in [-0.3, -0.25) is 0 Å². The molecule has 0 saturated carbocycles. The first-order valence-electron chi connectivity index (χ1n) is 2.82. The quantitative estimate of drug-likeness (QED) is 0.456. The molecule has 0 atom stereocenters. The molecule has 8 heavy (non-hydrogen) atoms. The van der Waals surface area contributed by atoms with Crippen LogP contribution in [-0.4, -0.2) is 11.5 Å². The largest absolute Gasteiger partial charge is 0.0829 e. The van der Waals surface area contributed by atoms with Gasteiger partial charge in [-0.2, -0.15) is 0 Å². The molecule has 0 aromatic heterocycles. The van der Waals surface area contributed by atoms with E-state index in [-0.39, 0.29) is 0 Å². The minimum absolute atomic E-state index is 1.22. The van der Waals surface area contributed by atoms with Gasteiger partial charge >= 0.3 is 0 Å². The number of hydrogen-bond acceptors (Lipinski definition) is 3. The Labute approximate surface area is 63.4 Å². The second kappa shape index (κ2) is 8.05. The predicted molar refractivity (Wildman–Crippen MR) is 48.5 cm³/mol. The van der Waals surface area contributed by atoms with Crippen molar-refractivity contribution in [3.8, 4) is 0 Å².